The van der Waals surface area contributed by atoms with Crippen molar-refractivity contribution in [1.82, 2.24) is 0 Å². The molecule has 0 N–H and O–H groups in total. The van der Waals surface area contributed by atoms with Crippen LogP contribution in [0, 0.1) is 16.7 Å². The second-order valence-electron chi connectivity index (χ2n) is 6.91. The number of anilines is 1. The van der Waals surface area contributed by atoms with Gasteiger partial charge in [-0.15, -0.1) is 0 Å². The number of rotatable bonds is 3. The Bertz CT molecular complexity index is 573. The maximum absolute atomic E-state index is 11.8. The van der Waals surface area contributed by atoms with Crippen LogP contribution in [-0.4, -0.2) is 18.9 Å². The third kappa shape index (κ3) is 3.44. The molecule has 2 rings (SSSR count). The Balaban J connectivity index is 2.28. The first-order chi connectivity index (χ1) is 9.84. The van der Waals surface area contributed by atoms with Crippen molar-refractivity contribution >= 4 is 11.5 Å². The number of Topliss-reactive ketones (excluding diaryl/α,β-unsaturated/α-hetero) is 1. The van der Waals surface area contributed by atoms with E-state index in [0.29, 0.717) is 22.6 Å². The van der Waals surface area contributed by atoms with Crippen LogP contribution in [0.3, 0.4) is 0 Å². The minimum absolute atomic E-state index is 0.0532. The molecule has 0 spiro atoms. The third-order valence-corrected chi connectivity index (χ3v) is 4.74. The van der Waals surface area contributed by atoms with Gasteiger partial charge in [0.1, 0.15) is 0 Å². The van der Waals surface area contributed by atoms with Crippen molar-refractivity contribution in [3.8, 4) is 6.07 Å². The van der Waals surface area contributed by atoms with Crippen molar-refractivity contribution in [3.63, 3.8) is 0 Å². The SMILES string of the molecule is CC(=O)c1ccc(C#N)cc1N(C)C1CCC(C)(C)CC1. The van der Waals surface area contributed by atoms with Gasteiger partial charge in [0, 0.05) is 24.3 Å². The summed E-state index contributed by atoms with van der Waals surface area (Å²) in [4.78, 5) is 14.0. The second-order valence-corrected chi connectivity index (χ2v) is 6.91. The smallest absolute Gasteiger partial charge is 0.161 e. The van der Waals surface area contributed by atoms with Crippen LogP contribution in [0.15, 0.2) is 18.2 Å². The van der Waals surface area contributed by atoms with E-state index in [1.165, 1.54) is 12.8 Å². The molecule has 0 unspecified atom stereocenters. The quantitative estimate of drug-likeness (QED) is 0.783. The van der Waals surface area contributed by atoms with E-state index in [4.69, 9.17) is 5.26 Å². The normalized spacial score (nSPS) is 18.0. The van der Waals surface area contributed by atoms with Gasteiger partial charge in [-0.3, -0.25) is 4.79 Å². The number of ketones is 1. The molecule has 0 amide bonds. The fraction of sp³-hybridized carbons (Fsp3) is 0.556. The Kier molecular flexibility index (Phi) is 4.37. The zero-order chi connectivity index (χ0) is 15.6. The maximum Gasteiger partial charge on any atom is 0.161 e. The van der Waals surface area contributed by atoms with Crippen molar-refractivity contribution in [2.24, 2.45) is 5.41 Å². The maximum atomic E-state index is 11.8. The highest BCUT2D eigenvalue weighted by Gasteiger charge is 2.29. The molecule has 0 radical (unpaired) electrons. The zero-order valence-electron chi connectivity index (χ0n) is 13.4. The van der Waals surface area contributed by atoms with Gasteiger partial charge in [-0.25, -0.2) is 0 Å². The van der Waals surface area contributed by atoms with Crippen molar-refractivity contribution in [1.29, 1.82) is 5.26 Å². The monoisotopic (exact) mass is 284 g/mol. The highest BCUT2D eigenvalue weighted by atomic mass is 16.1. The van der Waals surface area contributed by atoms with Crippen molar-refractivity contribution in [2.75, 3.05) is 11.9 Å². The molecule has 1 fully saturated rings. The lowest BCUT2D eigenvalue weighted by atomic mass is 9.75. The van der Waals surface area contributed by atoms with E-state index >= 15 is 0 Å². The molecule has 1 aromatic rings. The molecule has 21 heavy (non-hydrogen) atoms. The Morgan fingerprint density at radius 3 is 2.48 bits per heavy atom. The first-order valence-electron chi connectivity index (χ1n) is 7.62. The van der Waals surface area contributed by atoms with Gasteiger partial charge in [0.25, 0.3) is 0 Å². The Morgan fingerprint density at radius 1 is 1.33 bits per heavy atom. The number of hydrogen-bond acceptors (Lipinski definition) is 3. The summed E-state index contributed by atoms with van der Waals surface area (Å²) in [7, 11) is 2.05. The van der Waals surface area contributed by atoms with Crippen LogP contribution in [-0.2, 0) is 0 Å². The van der Waals surface area contributed by atoms with E-state index in [2.05, 4.69) is 24.8 Å². The summed E-state index contributed by atoms with van der Waals surface area (Å²) in [6.45, 7) is 6.23. The molecule has 0 aromatic heterocycles. The molecule has 1 aromatic carbocycles. The van der Waals surface area contributed by atoms with Crippen LogP contribution in [0.5, 0.6) is 0 Å². The van der Waals surface area contributed by atoms with Gasteiger partial charge >= 0.3 is 0 Å². The van der Waals surface area contributed by atoms with Crippen LogP contribution in [0.4, 0.5) is 5.69 Å². The first-order valence-corrected chi connectivity index (χ1v) is 7.62. The van der Waals surface area contributed by atoms with Crippen molar-refractivity contribution in [3.05, 3.63) is 29.3 Å². The highest BCUT2D eigenvalue weighted by molar-refractivity contribution is 6.00. The molecule has 1 saturated carbocycles. The standard InChI is InChI=1S/C18H24N2O/c1-13(21)16-6-5-14(12-19)11-17(16)20(4)15-7-9-18(2,3)10-8-15/h5-6,11,15H,7-10H2,1-4H3. The zero-order valence-corrected chi connectivity index (χ0v) is 13.4. The summed E-state index contributed by atoms with van der Waals surface area (Å²) < 4.78 is 0. The van der Waals surface area contributed by atoms with Gasteiger partial charge in [-0.2, -0.15) is 5.26 Å². The summed E-state index contributed by atoms with van der Waals surface area (Å²) in [5.41, 5.74) is 2.64. The van der Waals surface area contributed by atoms with Crippen molar-refractivity contribution < 1.29 is 4.79 Å². The molecule has 0 aliphatic heterocycles. The summed E-state index contributed by atoms with van der Waals surface area (Å²) >= 11 is 0. The van der Waals surface area contributed by atoms with Gasteiger partial charge in [0.15, 0.2) is 5.78 Å². The van der Waals surface area contributed by atoms with E-state index < -0.39 is 0 Å². The lowest BCUT2D eigenvalue weighted by Gasteiger charge is -2.40. The van der Waals surface area contributed by atoms with Crippen LogP contribution >= 0.6 is 0 Å². The number of benzene rings is 1. The van der Waals surface area contributed by atoms with Crippen LogP contribution in [0.2, 0.25) is 0 Å². The van der Waals surface area contributed by atoms with E-state index in [-0.39, 0.29) is 5.78 Å². The average Bonchev–Trinajstić information content (AvgIpc) is 2.45. The number of nitrogens with zero attached hydrogens (tertiary/aromatic N) is 2. The molecule has 112 valence electrons. The van der Waals surface area contributed by atoms with Crippen LogP contribution in [0.25, 0.3) is 0 Å². The Hall–Kier alpha value is -1.82. The topological polar surface area (TPSA) is 44.1 Å². The summed E-state index contributed by atoms with van der Waals surface area (Å²) in [6.07, 6.45) is 4.68. The Morgan fingerprint density at radius 2 is 1.95 bits per heavy atom. The highest BCUT2D eigenvalue weighted by Crippen LogP contribution is 2.38. The lowest BCUT2D eigenvalue weighted by Crippen LogP contribution is -2.37. The molecule has 0 saturated heterocycles. The predicted molar refractivity (Wildman–Crippen MR) is 85.6 cm³/mol. The fourth-order valence-corrected chi connectivity index (χ4v) is 3.16. The minimum Gasteiger partial charge on any atom is -0.371 e. The Labute approximate surface area is 127 Å². The average molecular weight is 284 g/mol. The van der Waals surface area contributed by atoms with E-state index in [0.717, 1.165) is 18.5 Å². The number of carbonyl (C=O) groups excluding carboxylic acids is 1. The number of nitriles is 1. The molecular formula is C18H24N2O. The molecule has 0 heterocycles. The molecule has 0 bridgehead atoms. The molecule has 3 nitrogen and oxygen atoms in total. The minimum atomic E-state index is 0.0532. The lowest BCUT2D eigenvalue weighted by molar-refractivity contribution is 0.101. The first kappa shape index (κ1) is 15.6. The largest absolute Gasteiger partial charge is 0.371 e. The molecular weight excluding hydrogens is 260 g/mol. The molecule has 0 atom stereocenters. The van der Waals surface area contributed by atoms with Crippen LogP contribution < -0.4 is 4.90 Å². The van der Waals surface area contributed by atoms with Gasteiger partial charge in [-0.05, 0) is 56.2 Å². The predicted octanol–water partition coefficient (Wildman–Crippen LogP) is 4.17. The summed E-state index contributed by atoms with van der Waals surface area (Å²) in [5, 5.41) is 9.10. The second kappa shape index (κ2) is 5.89. The van der Waals surface area contributed by atoms with Crippen LogP contribution in [0.1, 0.15) is 62.4 Å². The summed E-state index contributed by atoms with van der Waals surface area (Å²) in [6, 6.07) is 7.96. The van der Waals surface area contributed by atoms with Gasteiger partial charge in [-0.1, -0.05) is 13.8 Å². The number of hydrogen-bond donors (Lipinski definition) is 0. The van der Waals surface area contributed by atoms with E-state index in [1.54, 1.807) is 19.1 Å². The van der Waals surface area contributed by atoms with E-state index in [1.807, 2.05) is 13.1 Å². The number of carbonyl (C=O) groups is 1. The molecule has 1 aliphatic rings. The van der Waals surface area contributed by atoms with Gasteiger partial charge in [0.05, 0.1) is 11.6 Å². The van der Waals surface area contributed by atoms with Gasteiger partial charge in [0.2, 0.25) is 0 Å². The van der Waals surface area contributed by atoms with Gasteiger partial charge < -0.3 is 4.90 Å². The summed E-state index contributed by atoms with van der Waals surface area (Å²) in [5.74, 6) is 0.0532. The van der Waals surface area contributed by atoms with E-state index in [9.17, 15) is 4.79 Å². The molecule has 3 heteroatoms. The van der Waals surface area contributed by atoms with Crippen molar-refractivity contribution in [2.45, 2.75) is 52.5 Å². The fourth-order valence-electron chi connectivity index (χ4n) is 3.16. The third-order valence-electron chi connectivity index (χ3n) is 4.74. The molecule has 1 aliphatic carbocycles.